The number of nitrogens with zero attached hydrogens (tertiary/aromatic N) is 4. The Kier molecular flexibility index (Phi) is 14.3. The highest BCUT2D eigenvalue weighted by atomic mass is 16.6. The number of benzene rings is 9. The predicted molar refractivity (Wildman–Crippen MR) is 298 cm³/mol. The molecule has 8 heteroatoms. The van der Waals surface area contributed by atoms with Crippen LogP contribution in [0.4, 0.5) is 5.82 Å². The van der Waals surface area contributed by atoms with Crippen molar-refractivity contribution in [2.45, 2.75) is 41.9 Å². The maximum atomic E-state index is 11.4. The van der Waals surface area contributed by atoms with Gasteiger partial charge in [-0.1, -0.05) is 273 Å². The Morgan fingerprint density at radius 2 is 0.787 bits per heavy atom. The number of aromatic nitrogens is 4. The molecule has 2 unspecified atom stereocenters. The summed E-state index contributed by atoms with van der Waals surface area (Å²) in [4.78, 5) is 14.5. The van der Waals surface area contributed by atoms with Crippen LogP contribution in [0, 0.1) is 0 Å². The Bertz CT molecular complexity index is 3210. The van der Waals surface area contributed by atoms with Crippen LogP contribution in [0.1, 0.15) is 69.1 Å². The summed E-state index contributed by atoms with van der Waals surface area (Å²) in [6, 6.07) is 92.2. The monoisotopic (exact) mass is 979 g/mol. The van der Waals surface area contributed by atoms with Crippen LogP contribution in [-0.2, 0) is 26.2 Å². The molecule has 1 aliphatic rings. The van der Waals surface area contributed by atoms with Crippen LogP contribution >= 0.6 is 0 Å². The summed E-state index contributed by atoms with van der Waals surface area (Å²) < 4.78 is 16.0. The molecule has 75 heavy (non-hydrogen) atoms. The lowest BCUT2D eigenvalue weighted by Gasteiger charge is -2.37. The molecule has 368 valence electrons. The predicted octanol–water partition coefficient (Wildman–Crippen LogP) is 13.9. The molecular weight excluding hydrogens is 923 g/mol. The van der Waals surface area contributed by atoms with Crippen molar-refractivity contribution in [2.75, 3.05) is 11.9 Å². The number of hydrogen-bond donors (Lipinski definition) is 2. The second-order valence-electron chi connectivity index (χ2n) is 18.7. The number of hydrogen-bond acceptors (Lipinski definition) is 7. The SMILES string of the molecule is OC(c1ccccc1)(c1ccccc1)c1ccccc1.c1ccc(C(Nc2ncnc3c2ncn3C2CCC(COC(c3ccccc3)(c3ccccc3)c3ccccc3)O2)(c2ccccc2)c2ccccc2)cc1. The van der Waals surface area contributed by atoms with Gasteiger partial charge in [0, 0.05) is 0 Å². The average Bonchev–Trinajstić information content (AvgIpc) is 4.18. The molecule has 1 saturated heterocycles. The average molecular weight is 980 g/mol. The second kappa shape index (κ2) is 22.1. The molecule has 1 aliphatic heterocycles. The number of imidazole rings is 1. The lowest BCUT2D eigenvalue weighted by Crippen LogP contribution is -2.38. The molecule has 3 heterocycles. The molecule has 1 fully saturated rings. The lowest BCUT2D eigenvalue weighted by atomic mass is 9.77. The summed E-state index contributed by atoms with van der Waals surface area (Å²) in [6.45, 7) is 0.400. The van der Waals surface area contributed by atoms with Crippen LogP contribution in [0.25, 0.3) is 11.2 Å². The molecule has 12 rings (SSSR count). The standard InChI is InChI=1S/C48H41N5O2.C19H16O/c1-7-19-36(20-8-1)47(37-21-9-2-10-22-37,38-23-11-3-12-24-38)52-45-44-46(50-34-49-45)53(35-51-44)43-32-31-42(55-43)33-54-48(39-25-13-4-14-26-39,40-27-15-5-16-28-40)41-29-17-6-18-30-41;20-19(16-10-4-1-5-11-16,17-12-6-2-7-13-17)18-14-8-3-9-15-18/h1-30,34-35,42-43H,31-33H2,(H,49,50,52);1-15,20H. The van der Waals surface area contributed by atoms with Gasteiger partial charge in [-0.15, -0.1) is 0 Å². The van der Waals surface area contributed by atoms with Crippen molar-refractivity contribution in [1.82, 2.24) is 19.5 Å². The molecule has 0 spiro atoms. The maximum Gasteiger partial charge on any atom is 0.167 e. The molecule has 11 aromatic rings. The van der Waals surface area contributed by atoms with E-state index in [2.05, 4.69) is 151 Å². The zero-order valence-corrected chi connectivity index (χ0v) is 41.5. The van der Waals surface area contributed by atoms with E-state index in [4.69, 9.17) is 24.4 Å². The number of anilines is 1. The van der Waals surface area contributed by atoms with Gasteiger partial charge in [-0.05, 0) is 62.9 Å². The first kappa shape index (κ1) is 48.5. The third-order valence-electron chi connectivity index (χ3n) is 14.3. The zero-order chi connectivity index (χ0) is 50.8. The van der Waals surface area contributed by atoms with Crippen molar-refractivity contribution in [3.63, 3.8) is 0 Å². The second-order valence-corrected chi connectivity index (χ2v) is 18.7. The third-order valence-corrected chi connectivity index (χ3v) is 14.3. The zero-order valence-electron chi connectivity index (χ0n) is 41.5. The van der Waals surface area contributed by atoms with Gasteiger partial charge in [0.15, 0.2) is 17.0 Å². The van der Waals surface area contributed by atoms with Crippen LogP contribution in [0.2, 0.25) is 0 Å². The van der Waals surface area contributed by atoms with Crippen molar-refractivity contribution in [3.05, 3.63) is 336 Å². The summed E-state index contributed by atoms with van der Waals surface area (Å²) in [5, 5.41) is 15.3. The molecule has 0 aliphatic carbocycles. The Balaban J connectivity index is 0.000000251. The molecule has 2 N–H and O–H groups in total. The van der Waals surface area contributed by atoms with E-state index in [1.54, 1.807) is 6.33 Å². The van der Waals surface area contributed by atoms with E-state index in [1.165, 1.54) is 0 Å². The van der Waals surface area contributed by atoms with Gasteiger partial charge >= 0.3 is 0 Å². The van der Waals surface area contributed by atoms with E-state index >= 15 is 0 Å². The molecule has 0 amide bonds. The number of ether oxygens (including phenoxy) is 2. The fourth-order valence-electron chi connectivity index (χ4n) is 10.7. The molecule has 2 atom stereocenters. The number of aliphatic hydroxyl groups is 1. The van der Waals surface area contributed by atoms with Crippen molar-refractivity contribution in [2.24, 2.45) is 0 Å². The van der Waals surface area contributed by atoms with Gasteiger partial charge in [-0.2, -0.15) is 0 Å². The van der Waals surface area contributed by atoms with Crippen molar-refractivity contribution in [3.8, 4) is 0 Å². The third kappa shape index (κ3) is 9.66. The van der Waals surface area contributed by atoms with Gasteiger partial charge in [0.25, 0.3) is 0 Å². The number of fused-ring (bicyclic) bond motifs is 1. The van der Waals surface area contributed by atoms with Crippen LogP contribution in [-0.4, -0.2) is 37.3 Å². The Labute approximate surface area is 438 Å². The van der Waals surface area contributed by atoms with Gasteiger partial charge < -0.3 is 19.9 Å². The molecule has 0 bridgehead atoms. The van der Waals surface area contributed by atoms with Crippen LogP contribution in [0.5, 0.6) is 0 Å². The molecule has 0 saturated carbocycles. The smallest absolute Gasteiger partial charge is 0.167 e. The van der Waals surface area contributed by atoms with Crippen LogP contribution < -0.4 is 5.32 Å². The fraction of sp³-hybridized carbons (Fsp3) is 0.119. The van der Waals surface area contributed by atoms with Gasteiger partial charge in [0.05, 0.1) is 19.0 Å². The molecule has 9 aromatic carbocycles. The fourth-order valence-corrected chi connectivity index (χ4v) is 10.7. The van der Waals surface area contributed by atoms with Crippen molar-refractivity contribution in [1.29, 1.82) is 0 Å². The minimum absolute atomic E-state index is 0.140. The summed E-state index contributed by atoms with van der Waals surface area (Å²) in [5.41, 5.74) is 7.75. The van der Waals surface area contributed by atoms with Crippen molar-refractivity contribution >= 4 is 17.0 Å². The van der Waals surface area contributed by atoms with E-state index in [0.717, 1.165) is 62.9 Å². The lowest BCUT2D eigenvalue weighted by molar-refractivity contribution is -0.0756. The summed E-state index contributed by atoms with van der Waals surface area (Å²) in [5.74, 6) is 0.636. The minimum atomic E-state index is -1.12. The summed E-state index contributed by atoms with van der Waals surface area (Å²) in [6.07, 6.45) is 4.66. The van der Waals surface area contributed by atoms with E-state index in [0.29, 0.717) is 23.6 Å². The van der Waals surface area contributed by atoms with E-state index in [-0.39, 0.29) is 12.3 Å². The first-order chi connectivity index (χ1) is 37.1. The van der Waals surface area contributed by atoms with Crippen LogP contribution in [0.3, 0.4) is 0 Å². The van der Waals surface area contributed by atoms with Gasteiger partial charge in [0.2, 0.25) is 0 Å². The molecule has 8 nitrogen and oxygen atoms in total. The highest BCUT2D eigenvalue weighted by Crippen LogP contribution is 2.44. The van der Waals surface area contributed by atoms with Gasteiger partial charge in [-0.3, -0.25) is 4.57 Å². The van der Waals surface area contributed by atoms with Gasteiger partial charge in [-0.25, -0.2) is 15.0 Å². The normalized spacial score (nSPS) is 14.7. The summed E-state index contributed by atoms with van der Waals surface area (Å²) >= 11 is 0. The van der Waals surface area contributed by atoms with Crippen molar-refractivity contribution < 1.29 is 14.6 Å². The van der Waals surface area contributed by atoms with E-state index in [1.807, 2.05) is 138 Å². The minimum Gasteiger partial charge on any atom is -0.376 e. The number of nitrogens with one attached hydrogen (secondary N) is 1. The Hall–Kier alpha value is -8.79. The summed E-state index contributed by atoms with van der Waals surface area (Å²) in [7, 11) is 0. The van der Waals surface area contributed by atoms with Gasteiger partial charge in [0.1, 0.15) is 29.3 Å². The quantitative estimate of drug-likeness (QED) is 0.0988. The first-order valence-corrected chi connectivity index (χ1v) is 25.5. The highest BCUT2D eigenvalue weighted by molar-refractivity contribution is 5.84. The topological polar surface area (TPSA) is 94.3 Å². The Morgan fingerprint density at radius 1 is 0.440 bits per heavy atom. The Morgan fingerprint density at radius 3 is 1.16 bits per heavy atom. The van der Waals surface area contributed by atoms with Crippen LogP contribution in [0.15, 0.2) is 286 Å². The number of rotatable bonds is 15. The first-order valence-electron chi connectivity index (χ1n) is 25.5. The van der Waals surface area contributed by atoms with E-state index < -0.39 is 16.7 Å². The molecule has 0 radical (unpaired) electrons. The molecule has 2 aromatic heterocycles. The van der Waals surface area contributed by atoms with E-state index in [9.17, 15) is 5.11 Å². The highest BCUT2D eigenvalue weighted by Gasteiger charge is 2.41. The maximum absolute atomic E-state index is 11.4. The molecular formula is C67H57N5O3. The largest absolute Gasteiger partial charge is 0.376 e.